The maximum atomic E-state index is 12.3. The summed E-state index contributed by atoms with van der Waals surface area (Å²) >= 11 is 0. The SMILES string of the molecule is O=C(O)C1CCN(S(=O)(=O)c2ccc(O)c([N+](=O)[O-])c2)C1. The number of phenols is 1. The predicted molar refractivity (Wildman–Crippen MR) is 69.3 cm³/mol. The first-order chi connectivity index (χ1) is 9.73. The Kier molecular flexibility index (Phi) is 3.83. The fourth-order valence-electron chi connectivity index (χ4n) is 2.11. The second kappa shape index (κ2) is 5.30. The van der Waals surface area contributed by atoms with Crippen molar-refractivity contribution in [1.29, 1.82) is 0 Å². The van der Waals surface area contributed by atoms with E-state index in [2.05, 4.69) is 0 Å². The van der Waals surface area contributed by atoms with Crippen LogP contribution in [0, 0.1) is 16.0 Å². The van der Waals surface area contributed by atoms with Crippen LogP contribution >= 0.6 is 0 Å². The van der Waals surface area contributed by atoms with Crippen molar-refractivity contribution in [2.24, 2.45) is 5.92 Å². The van der Waals surface area contributed by atoms with E-state index in [9.17, 15) is 28.4 Å². The third-order valence-electron chi connectivity index (χ3n) is 3.28. The Hall–Kier alpha value is -2.20. The molecular formula is C11H12N2O7S. The van der Waals surface area contributed by atoms with Crippen molar-refractivity contribution in [2.45, 2.75) is 11.3 Å². The Morgan fingerprint density at radius 2 is 2.10 bits per heavy atom. The van der Waals surface area contributed by atoms with Gasteiger partial charge in [-0.25, -0.2) is 8.42 Å². The van der Waals surface area contributed by atoms with Gasteiger partial charge in [-0.1, -0.05) is 0 Å². The lowest BCUT2D eigenvalue weighted by molar-refractivity contribution is -0.386. The highest BCUT2D eigenvalue weighted by molar-refractivity contribution is 7.89. The van der Waals surface area contributed by atoms with Gasteiger partial charge in [-0.2, -0.15) is 4.31 Å². The minimum atomic E-state index is -4.02. The van der Waals surface area contributed by atoms with E-state index < -0.39 is 38.3 Å². The highest BCUT2D eigenvalue weighted by Crippen LogP contribution is 2.31. The number of nitro benzene ring substituents is 1. The van der Waals surface area contributed by atoms with Crippen LogP contribution in [0.3, 0.4) is 0 Å². The van der Waals surface area contributed by atoms with Crippen molar-refractivity contribution in [1.82, 2.24) is 4.31 Å². The summed E-state index contributed by atoms with van der Waals surface area (Å²) in [6.07, 6.45) is 0.189. The number of benzene rings is 1. The zero-order chi connectivity index (χ0) is 15.8. The van der Waals surface area contributed by atoms with Crippen LogP contribution in [0.25, 0.3) is 0 Å². The number of hydrogen-bond donors (Lipinski definition) is 2. The zero-order valence-electron chi connectivity index (χ0n) is 10.7. The molecule has 9 nitrogen and oxygen atoms in total. The number of carboxylic acids is 1. The molecule has 21 heavy (non-hydrogen) atoms. The summed E-state index contributed by atoms with van der Waals surface area (Å²) in [4.78, 5) is 20.3. The third-order valence-corrected chi connectivity index (χ3v) is 5.14. The van der Waals surface area contributed by atoms with Gasteiger partial charge in [-0.15, -0.1) is 0 Å². The quantitative estimate of drug-likeness (QED) is 0.605. The number of carbonyl (C=O) groups is 1. The van der Waals surface area contributed by atoms with Crippen molar-refractivity contribution in [2.75, 3.05) is 13.1 Å². The second-order valence-electron chi connectivity index (χ2n) is 4.59. The van der Waals surface area contributed by atoms with Gasteiger partial charge in [-0.05, 0) is 18.6 Å². The van der Waals surface area contributed by atoms with E-state index in [0.29, 0.717) is 0 Å². The first kappa shape index (κ1) is 15.2. The summed E-state index contributed by atoms with van der Waals surface area (Å²) in [7, 11) is -4.02. The number of aromatic hydroxyl groups is 1. The highest BCUT2D eigenvalue weighted by atomic mass is 32.2. The van der Waals surface area contributed by atoms with E-state index in [1.54, 1.807) is 0 Å². The predicted octanol–water partition coefficient (Wildman–Crippen LogP) is 0.396. The minimum absolute atomic E-state index is 0.0357. The topological polar surface area (TPSA) is 138 Å². The average Bonchev–Trinajstić information content (AvgIpc) is 2.89. The van der Waals surface area contributed by atoms with Gasteiger partial charge in [0.2, 0.25) is 10.0 Å². The Labute approximate surface area is 119 Å². The largest absolute Gasteiger partial charge is 0.502 e. The van der Waals surface area contributed by atoms with E-state index in [-0.39, 0.29) is 24.4 Å². The number of phenolic OH excluding ortho intramolecular Hbond substituents is 1. The molecule has 0 aromatic heterocycles. The standard InChI is InChI=1S/C11H12N2O7S/c14-10-2-1-8(5-9(10)13(17)18)21(19,20)12-4-3-7(6-12)11(15)16/h1-2,5,7,14H,3-4,6H2,(H,15,16). The molecule has 2 N–H and O–H groups in total. The zero-order valence-corrected chi connectivity index (χ0v) is 11.5. The Balaban J connectivity index is 2.35. The van der Waals surface area contributed by atoms with Crippen LogP contribution in [-0.2, 0) is 14.8 Å². The summed E-state index contributed by atoms with van der Waals surface area (Å²) in [6, 6.07) is 2.74. The summed E-state index contributed by atoms with van der Waals surface area (Å²) in [6.45, 7) is -0.139. The number of rotatable bonds is 4. The van der Waals surface area contributed by atoms with Crippen LogP contribution in [0.1, 0.15) is 6.42 Å². The molecule has 2 rings (SSSR count). The number of nitro groups is 1. The fourth-order valence-corrected chi connectivity index (χ4v) is 3.63. The molecule has 1 heterocycles. The van der Waals surface area contributed by atoms with Crippen LogP contribution in [-0.4, -0.2) is 46.9 Å². The molecule has 1 atom stereocenters. The summed E-state index contributed by atoms with van der Waals surface area (Å²) in [5, 5.41) is 28.9. The molecule has 10 heteroatoms. The van der Waals surface area contributed by atoms with Gasteiger partial charge in [0.1, 0.15) is 0 Å². The number of nitrogens with zero attached hydrogens (tertiary/aromatic N) is 2. The molecule has 1 saturated heterocycles. The molecule has 0 bridgehead atoms. The molecule has 0 amide bonds. The maximum Gasteiger partial charge on any atom is 0.312 e. The van der Waals surface area contributed by atoms with Crippen molar-refractivity contribution < 1.29 is 28.3 Å². The second-order valence-corrected chi connectivity index (χ2v) is 6.53. The fraction of sp³-hybridized carbons (Fsp3) is 0.364. The van der Waals surface area contributed by atoms with Crippen LogP contribution < -0.4 is 0 Å². The number of aliphatic carboxylic acids is 1. The minimum Gasteiger partial charge on any atom is -0.502 e. The van der Waals surface area contributed by atoms with E-state index in [4.69, 9.17) is 5.11 Å². The van der Waals surface area contributed by atoms with Crippen molar-refractivity contribution >= 4 is 21.7 Å². The molecule has 1 aliphatic rings. The van der Waals surface area contributed by atoms with E-state index in [1.807, 2.05) is 0 Å². The summed E-state index contributed by atoms with van der Waals surface area (Å²) < 4.78 is 25.6. The highest BCUT2D eigenvalue weighted by Gasteiger charge is 2.36. The Morgan fingerprint density at radius 3 is 2.62 bits per heavy atom. The molecule has 1 aromatic carbocycles. The number of hydrogen-bond acceptors (Lipinski definition) is 6. The van der Waals surface area contributed by atoms with Gasteiger partial charge in [0.15, 0.2) is 5.75 Å². The molecule has 0 saturated carbocycles. The molecule has 114 valence electrons. The summed E-state index contributed by atoms with van der Waals surface area (Å²) in [5.74, 6) is -2.50. The lowest BCUT2D eigenvalue weighted by Gasteiger charge is -2.15. The third kappa shape index (κ3) is 2.81. The molecule has 1 aromatic rings. The number of carboxylic acid groups (broad SMARTS) is 1. The summed E-state index contributed by atoms with van der Waals surface area (Å²) in [5.41, 5.74) is -0.718. The molecule has 1 fully saturated rings. The van der Waals surface area contributed by atoms with Gasteiger partial charge in [0.05, 0.1) is 15.7 Å². The van der Waals surface area contributed by atoms with Crippen LogP contribution in [0.15, 0.2) is 23.1 Å². The van der Waals surface area contributed by atoms with Gasteiger partial charge in [0.25, 0.3) is 0 Å². The van der Waals surface area contributed by atoms with Gasteiger partial charge >= 0.3 is 11.7 Å². The van der Waals surface area contributed by atoms with Crippen LogP contribution in [0.4, 0.5) is 5.69 Å². The van der Waals surface area contributed by atoms with Gasteiger partial charge in [-0.3, -0.25) is 14.9 Å². The van der Waals surface area contributed by atoms with Crippen LogP contribution in [0.2, 0.25) is 0 Å². The average molecular weight is 316 g/mol. The van der Waals surface area contributed by atoms with Crippen molar-refractivity contribution in [3.05, 3.63) is 28.3 Å². The molecule has 0 radical (unpaired) electrons. The van der Waals surface area contributed by atoms with E-state index in [0.717, 1.165) is 22.5 Å². The van der Waals surface area contributed by atoms with Gasteiger partial charge in [0, 0.05) is 19.2 Å². The van der Waals surface area contributed by atoms with E-state index in [1.165, 1.54) is 0 Å². The Bertz CT molecular complexity index is 701. The van der Waals surface area contributed by atoms with E-state index >= 15 is 0 Å². The molecule has 0 spiro atoms. The van der Waals surface area contributed by atoms with Gasteiger partial charge < -0.3 is 10.2 Å². The smallest absolute Gasteiger partial charge is 0.312 e. The monoisotopic (exact) mass is 316 g/mol. The lowest BCUT2D eigenvalue weighted by Crippen LogP contribution is -2.30. The molecular weight excluding hydrogens is 304 g/mol. The molecule has 0 aliphatic carbocycles. The lowest BCUT2D eigenvalue weighted by atomic mass is 10.1. The Morgan fingerprint density at radius 1 is 1.43 bits per heavy atom. The molecule has 1 unspecified atom stereocenters. The first-order valence-electron chi connectivity index (χ1n) is 5.94. The van der Waals surface area contributed by atoms with Crippen molar-refractivity contribution in [3.63, 3.8) is 0 Å². The number of sulfonamides is 1. The maximum absolute atomic E-state index is 12.3. The molecule has 1 aliphatic heterocycles. The normalized spacial score (nSPS) is 19.5. The van der Waals surface area contributed by atoms with Crippen LogP contribution in [0.5, 0.6) is 5.75 Å². The first-order valence-corrected chi connectivity index (χ1v) is 7.38. The van der Waals surface area contributed by atoms with Crippen molar-refractivity contribution in [3.8, 4) is 5.75 Å².